The lowest BCUT2D eigenvalue weighted by atomic mass is 9.99. The molecule has 1 aromatic rings. The molecule has 1 aromatic carbocycles. The van der Waals surface area contributed by atoms with E-state index in [-0.39, 0.29) is 12.5 Å². The minimum absolute atomic E-state index is 0.279. The van der Waals surface area contributed by atoms with Crippen LogP contribution in [-0.4, -0.2) is 31.6 Å². The second-order valence-corrected chi connectivity index (χ2v) is 6.18. The fourth-order valence-electron chi connectivity index (χ4n) is 2.62. The van der Waals surface area contributed by atoms with E-state index in [1.165, 1.54) is 24.6 Å². The first kappa shape index (κ1) is 18.0. The summed E-state index contributed by atoms with van der Waals surface area (Å²) < 4.78 is 4.86. The number of carbonyl (C=O) groups is 2. The van der Waals surface area contributed by atoms with E-state index in [1.807, 2.05) is 31.2 Å². The van der Waals surface area contributed by atoms with Crippen molar-refractivity contribution in [3.8, 4) is 0 Å². The van der Waals surface area contributed by atoms with Crippen LogP contribution in [0.5, 0.6) is 0 Å². The lowest BCUT2D eigenvalue weighted by Crippen LogP contribution is -2.32. The van der Waals surface area contributed by atoms with Gasteiger partial charge in [0.05, 0.1) is 0 Å². The van der Waals surface area contributed by atoms with E-state index >= 15 is 0 Å². The van der Waals surface area contributed by atoms with E-state index in [4.69, 9.17) is 4.74 Å². The van der Waals surface area contributed by atoms with Crippen molar-refractivity contribution >= 4 is 23.3 Å². The molecular weight excluding hydrogens is 304 g/mol. The molecule has 0 spiro atoms. The van der Waals surface area contributed by atoms with Crippen LogP contribution >= 0.6 is 0 Å². The number of rotatable bonds is 6. The first-order valence-electron chi connectivity index (χ1n) is 8.56. The van der Waals surface area contributed by atoms with Gasteiger partial charge in [-0.2, -0.15) is 0 Å². The second-order valence-electron chi connectivity index (χ2n) is 6.18. The van der Waals surface area contributed by atoms with Gasteiger partial charge in [-0.1, -0.05) is 19.9 Å². The van der Waals surface area contributed by atoms with Gasteiger partial charge in [0.2, 0.25) is 0 Å². The van der Waals surface area contributed by atoms with Crippen molar-refractivity contribution in [2.24, 2.45) is 5.92 Å². The molecule has 1 heterocycles. The van der Waals surface area contributed by atoms with E-state index in [1.54, 1.807) is 6.08 Å². The number of nitrogens with zero attached hydrogens (tertiary/aromatic N) is 1. The first-order chi connectivity index (χ1) is 11.6. The fraction of sp³-hybridized carbons (Fsp3) is 0.474. The smallest absolute Gasteiger partial charge is 0.330 e. The number of carbonyl (C=O) groups excluding carboxylic acids is 2. The summed E-state index contributed by atoms with van der Waals surface area (Å²) in [6.07, 6.45) is 6.22. The van der Waals surface area contributed by atoms with Gasteiger partial charge in [0, 0.05) is 30.5 Å². The highest BCUT2D eigenvalue weighted by molar-refractivity contribution is 5.93. The fourth-order valence-corrected chi connectivity index (χ4v) is 2.62. The van der Waals surface area contributed by atoms with Gasteiger partial charge in [0.15, 0.2) is 6.61 Å². The van der Waals surface area contributed by atoms with E-state index in [9.17, 15) is 9.59 Å². The zero-order valence-electron chi connectivity index (χ0n) is 14.5. The van der Waals surface area contributed by atoms with Crippen LogP contribution < -0.4 is 10.2 Å². The Bertz CT molecular complexity index is 573. The summed E-state index contributed by atoms with van der Waals surface area (Å²) in [6.45, 7) is 6.09. The third kappa shape index (κ3) is 5.72. The molecule has 0 bridgehead atoms. The summed E-state index contributed by atoms with van der Waals surface area (Å²) in [6, 6.07) is 7.79. The van der Waals surface area contributed by atoms with Crippen molar-refractivity contribution in [3.05, 3.63) is 36.4 Å². The Labute approximate surface area is 143 Å². The highest BCUT2D eigenvalue weighted by atomic mass is 16.5. The lowest BCUT2D eigenvalue weighted by Gasteiger charge is -2.32. The Kier molecular flexibility index (Phi) is 6.85. The molecule has 1 fully saturated rings. The Balaban J connectivity index is 1.79. The number of esters is 1. The summed E-state index contributed by atoms with van der Waals surface area (Å²) in [4.78, 5) is 25.5. The minimum Gasteiger partial charge on any atom is -0.452 e. The third-order valence-electron chi connectivity index (χ3n) is 4.14. The van der Waals surface area contributed by atoms with E-state index in [0.29, 0.717) is 5.69 Å². The third-order valence-corrected chi connectivity index (χ3v) is 4.14. The molecule has 1 amide bonds. The highest BCUT2D eigenvalue weighted by Crippen LogP contribution is 2.24. The summed E-state index contributed by atoms with van der Waals surface area (Å²) in [5.74, 6) is -0.0378. The van der Waals surface area contributed by atoms with Gasteiger partial charge in [-0.15, -0.1) is 0 Å². The number of hydrogen-bond donors (Lipinski definition) is 1. The summed E-state index contributed by atoms with van der Waals surface area (Å²) in [7, 11) is 0. The SMILES string of the molecule is CC/C=C/C(=O)OCC(=O)Nc1ccc(N2CCC(C)CC2)cc1. The Morgan fingerprint density at radius 3 is 2.54 bits per heavy atom. The molecule has 2 rings (SSSR count). The minimum atomic E-state index is -0.498. The summed E-state index contributed by atoms with van der Waals surface area (Å²) in [5, 5.41) is 2.73. The molecule has 24 heavy (non-hydrogen) atoms. The normalized spacial score (nSPS) is 15.5. The molecule has 1 N–H and O–H groups in total. The zero-order valence-corrected chi connectivity index (χ0v) is 14.5. The van der Waals surface area contributed by atoms with Gasteiger partial charge >= 0.3 is 5.97 Å². The van der Waals surface area contributed by atoms with Crippen molar-refractivity contribution in [2.45, 2.75) is 33.1 Å². The standard InChI is InChI=1S/C19H26N2O3/c1-3-4-5-19(23)24-14-18(22)20-16-6-8-17(9-7-16)21-12-10-15(2)11-13-21/h4-9,15H,3,10-14H2,1-2H3,(H,20,22)/b5-4+. The predicted octanol–water partition coefficient (Wildman–Crippen LogP) is 3.37. The number of anilines is 2. The molecule has 0 aliphatic carbocycles. The van der Waals surface area contributed by atoms with Gasteiger partial charge in [-0.05, 0) is 49.4 Å². The topological polar surface area (TPSA) is 58.6 Å². The Morgan fingerprint density at radius 2 is 1.92 bits per heavy atom. The van der Waals surface area contributed by atoms with Crippen molar-refractivity contribution in [2.75, 3.05) is 29.9 Å². The van der Waals surface area contributed by atoms with Gasteiger partial charge in [-0.3, -0.25) is 4.79 Å². The zero-order chi connectivity index (χ0) is 17.4. The van der Waals surface area contributed by atoms with Gasteiger partial charge in [-0.25, -0.2) is 4.79 Å². The molecule has 0 radical (unpaired) electrons. The molecule has 0 aromatic heterocycles. The van der Waals surface area contributed by atoms with Crippen LogP contribution in [0.1, 0.15) is 33.1 Å². The van der Waals surface area contributed by atoms with Crippen LogP contribution in [0.4, 0.5) is 11.4 Å². The summed E-state index contributed by atoms with van der Waals surface area (Å²) >= 11 is 0. The molecule has 1 aliphatic rings. The van der Waals surface area contributed by atoms with Crippen LogP contribution in [0.2, 0.25) is 0 Å². The maximum Gasteiger partial charge on any atom is 0.330 e. The Morgan fingerprint density at radius 1 is 1.25 bits per heavy atom. The number of ether oxygens (including phenoxy) is 1. The van der Waals surface area contributed by atoms with Crippen LogP contribution in [0.15, 0.2) is 36.4 Å². The first-order valence-corrected chi connectivity index (χ1v) is 8.56. The van der Waals surface area contributed by atoms with E-state index in [0.717, 1.165) is 25.4 Å². The van der Waals surface area contributed by atoms with Gasteiger partial charge in [0.25, 0.3) is 5.91 Å². The van der Waals surface area contributed by atoms with Crippen LogP contribution in [-0.2, 0) is 14.3 Å². The number of amides is 1. The number of piperidine rings is 1. The van der Waals surface area contributed by atoms with Gasteiger partial charge < -0.3 is 15.0 Å². The monoisotopic (exact) mass is 330 g/mol. The molecule has 0 unspecified atom stereocenters. The van der Waals surface area contributed by atoms with Gasteiger partial charge in [0.1, 0.15) is 0 Å². The number of allylic oxidation sites excluding steroid dienone is 1. The molecule has 0 saturated carbocycles. The molecule has 0 atom stereocenters. The van der Waals surface area contributed by atoms with Crippen molar-refractivity contribution < 1.29 is 14.3 Å². The van der Waals surface area contributed by atoms with E-state index < -0.39 is 5.97 Å². The number of nitrogens with one attached hydrogen (secondary N) is 1. The maximum absolute atomic E-state index is 11.8. The Hall–Kier alpha value is -2.30. The quantitative estimate of drug-likeness (QED) is 0.642. The average molecular weight is 330 g/mol. The largest absolute Gasteiger partial charge is 0.452 e. The number of benzene rings is 1. The van der Waals surface area contributed by atoms with E-state index in [2.05, 4.69) is 17.1 Å². The average Bonchev–Trinajstić information content (AvgIpc) is 2.59. The molecule has 1 aliphatic heterocycles. The van der Waals surface area contributed by atoms with Crippen LogP contribution in [0.25, 0.3) is 0 Å². The van der Waals surface area contributed by atoms with Crippen molar-refractivity contribution in [1.82, 2.24) is 0 Å². The van der Waals surface area contributed by atoms with Crippen LogP contribution in [0.3, 0.4) is 0 Å². The predicted molar refractivity (Wildman–Crippen MR) is 96.1 cm³/mol. The van der Waals surface area contributed by atoms with Crippen molar-refractivity contribution in [3.63, 3.8) is 0 Å². The second kappa shape index (κ2) is 9.11. The molecular formula is C19H26N2O3. The highest BCUT2D eigenvalue weighted by Gasteiger charge is 2.16. The molecule has 1 saturated heterocycles. The van der Waals surface area contributed by atoms with Crippen LogP contribution in [0, 0.1) is 5.92 Å². The van der Waals surface area contributed by atoms with Crippen molar-refractivity contribution in [1.29, 1.82) is 0 Å². The maximum atomic E-state index is 11.8. The number of hydrogen-bond acceptors (Lipinski definition) is 4. The lowest BCUT2D eigenvalue weighted by molar-refractivity contribution is -0.142. The molecule has 5 nitrogen and oxygen atoms in total. The molecule has 130 valence electrons. The molecule has 5 heteroatoms. The summed E-state index contributed by atoms with van der Waals surface area (Å²) in [5.41, 5.74) is 1.88.